The van der Waals surface area contributed by atoms with Gasteiger partial charge in [-0.05, 0) is 49.1 Å². The first kappa shape index (κ1) is 14.3. The number of fused-ring (bicyclic) bond motifs is 1. The molecular formula is C18H21ClN2O. The molecular weight excluding hydrogens is 296 g/mol. The average Bonchev–Trinajstić information content (AvgIpc) is 3.19. The number of aromatic nitrogens is 2. The summed E-state index contributed by atoms with van der Waals surface area (Å²) in [6.07, 6.45) is 11.2. The van der Waals surface area contributed by atoms with Crippen LogP contribution in [-0.4, -0.2) is 9.97 Å². The Bertz CT molecular complexity index is 701. The monoisotopic (exact) mass is 316 g/mol. The molecule has 0 radical (unpaired) electrons. The van der Waals surface area contributed by atoms with Crippen LogP contribution in [0.2, 0.25) is 5.15 Å². The second-order valence-corrected chi connectivity index (χ2v) is 7.46. The van der Waals surface area contributed by atoms with Crippen LogP contribution < -0.4 is 0 Å². The van der Waals surface area contributed by atoms with Crippen LogP contribution in [0.4, 0.5) is 0 Å². The smallest absolute Gasteiger partial charge is 0.195 e. The number of hydrogen-bond acceptors (Lipinski definition) is 3. The van der Waals surface area contributed by atoms with E-state index in [0.717, 1.165) is 42.2 Å². The number of halogens is 1. The van der Waals surface area contributed by atoms with Crippen molar-refractivity contribution in [2.24, 2.45) is 5.41 Å². The highest BCUT2D eigenvalue weighted by atomic mass is 35.5. The van der Waals surface area contributed by atoms with Gasteiger partial charge < -0.3 is 4.42 Å². The van der Waals surface area contributed by atoms with Crippen LogP contribution in [-0.2, 0) is 19.3 Å². The van der Waals surface area contributed by atoms with Crippen molar-refractivity contribution in [3.8, 4) is 11.3 Å². The van der Waals surface area contributed by atoms with E-state index in [1.807, 2.05) is 0 Å². The van der Waals surface area contributed by atoms with Crippen molar-refractivity contribution in [3.63, 3.8) is 0 Å². The van der Waals surface area contributed by atoms with Crippen molar-refractivity contribution < 1.29 is 4.42 Å². The number of hydrogen-bond donors (Lipinski definition) is 0. The molecule has 2 heterocycles. The van der Waals surface area contributed by atoms with Gasteiger partial charge in [0, 0.05) is 12.1 Å². The summed E-state index contributed by atoms with van der Waals surface area (Å²) in [6.45, 7) is 2.34. The van der Waals surface area contributed by atoms with Crippen molar-refractivity contribution in [2.75, 3.05) is 0 Å². The standard InChI is InChI=1S/C18H21ClN2O/c1-18(7-2-3-8-18)10-16-20-11-15(22-16)13-9-12-5-4-6-14(12)21-17(13)19/h9,11H,2-8,10H2,1H3. The molecule has 2 aliphatic carbocycles. The van der Waals surface area contributed by atoms with E-state index in [4.69, 9.17) is 16.0 Å². The molecule has 2 aliphatic rings. The van der Waals surface area contributed by atoms with E-state index in [0.29, 0.717) is 10.6 Å². The van der Waals surface area contributed by atoms with Gasteiger partial charge in [0.05, 0.1) is 11.8 Å². The Hall–Kier alpha value is -1.35. The van der Waals surface area contributed by atoms with Gasteiger partial charge in [-0.3, -0.25) is 0 Å². The molecule has 4 heteroatoms. The Morgan fingerprint density at radius 1 is 1.23 bits per heavy atom. The summed E-state index contributed by atoms with van der Waals surface area (Å²) in [5, 5.41) is 0.537. The first-order chi connectivity index (χ1) is 10.6. The van der Waals surface area contributed by atoms with E-state index in [9.17, 15) is 0 Å². The van der Waals surface area contributed by atoms with Gasteiger partial charge in [-0.15, -0.1) is 0 Å². The molecule has 0 bridgehead atoms. The third kappa shape index (κ3) is 2.56. The van der Waals surface area contributed by atoms with Crippen LogP contribution in [0.3, 0.4) is 0 Å². The van der Waals surface area contributed by atoms with E-state index < -0.39 is 0 Å². The van der Waals surface area contributed by atoms with Gasteiger partial charge in [0.1, 0.15) is 5.15 Å². The Morgan fingerprint density at radius 3 is 2.86 bits per heavy atom. The predicted molar refractivity (Wildman–Crippen MR) is 87.0 cm³/mol. The van der Waals surface area contributed by atoms with E-state index >= 15 is 0 Å². The summed E-state index contributed by atoms with van der Waals surface area (Å²) in [7, 11) is 0. The molecule has 0 unspecified atom stereocenters. The first-order valence-electron chi connectivity index (χ1n) is 8.26. The van der Waals surface area contributed by atoms with E-state index in [1.165, 1.54) is 37.7 Å². The number of pyridine rings is 1. The van der Waals surface area contributed by atoms with Gasteiger partial charge >= 0.3 is 0 Å². The Balaban J connectivity index is 1.61. The zero-order valence-electron chi connectivity index (χ0n) is 13.0. The average molecular weight is 317 g/mol. The minimum absolute atomic E-state index is 0.349. The maximum absolute atomic E-state index is 6.35. The lowest BCUT2D eigenvalue weighted by Gasteiger charge is -2.20. The number of nitrogens with zero attached hydrogens (tertiary/aromatic N) is 2. The van der Waals surface area contributed by atoms with Crippen molar-refractivity contribution >= 4 is 11.6 Å². The van der Waals surface area contributed by atoms with Crippen molar-refractivity contribution in [1.82, 2.24) is 9.97 Å². The lowest BCUT2D eigenvalue weighted by atomic mass is 9.85. The highest BCUT2D eigenvalue weighted by Crippen LogP contribution is 2.41. The molecule has 22 heavy (non-hydrogen) atoms. The predicted octanol–water partition coefficient (Wildman–Crippen LogP) is 5.00. The number of aryl methyl sites for hydroxylation is 2. The summed E-state index contributed by atoms with van der Waals surface area (Å²) in [6, 6.07) is 2.14. The molecule has 0 spiro atoms. The van der Waals surface area contributed by atoms with Crippen LogP contribution >= 0.6 is 11.6 Å². The van der Waals surface area contributed by atoms with Gasteiger partial charge in [0.15, 0.2) is 11.7 Å². The van der Waals surface area contributed by atoms with Crippen LogP contribution in [0.25, 0.3) is 11.3 Å². The lowest BCUT2D eigenvalue weighted by molar-refractivity contribution is 0.300. The SMILES string of the molecule is CC1(Cc2ncc(-c3cc4c(nc3Cl)CCC4)o2)CCCC1. The molecule has 0 saturated heterocycles. The zero-order chi connectivity index (χ0) is 15.2. The van der Waals surface area contributed by atoms with Crippen molar-refractivity contribution in [1.29, 1.82) is 0 Å². The molecule has 2 aromatic rings. The van der Waals surface area contributed by atoms with Gasteiger partial charge in [0.2, 0.25) is 0 Å². The minimum Gasteiger partial charge on any atom is -0.441 e. The second kappa shape index (κ2) is 5.38. The van der Waals surface area contributed by atoms with Crippen molar-refractivity contribution in [3.05, 3.63) is 34.6 Å². The summed E-state index contributed by atoms with van der Waals surface area (Å²) >= 11 is 6.35. The van der Waals surface area contributed by atoms with Gasteiger partial charge in [-0.2, -0.15) is 0 Å². The molecule has 1 saturated carbocycles. The largest absolute Gasteiger partial charge is 0.441 e. The van der Waals surface area contributed by atoms with E-state index in [2.05, 4.69) is 23.0 Å². The van der Waals surface area contributed by atoms with Crippen LogP contribution in [0.5, 0.6) is 0 Å². The molecule has 0 atom stereocenters. The highest BCUT2D eigenvalue weighted by molar-refractivity contribution is 6.32. The quantitative estimate of drug-likeness (QED) is 0.748. The highest BCUT2D eigenvalue weighted by Gasteiger charge is 2.30. The first-order valence-corrected chi connectivity index (χ1v) is 8.64. The Kier molecular flexibility index (Phi) is 3.48. The second-order valence-electron chi connectivity index (χ2n) is 7.10. The topological polar surface area (TPSA) is 38.9 Å². The van der Waals surface area contributed by atoms with Crippen LogP contribution in [0.15, 0.2) is 16.7 Å². The summed E-state index contributed by atoms with van der Waals surface area (Å²) in [5.74, 6) is 1.58. The normalized spacial score (nSPS) is 19.5. The van der Waals surface area contributed by atoms with Crippen LogP contribution in [0, 0.1) is 5.41 Å². The summed E-state index contributed by atoms with van der Waals surface area (Å²) < 4.78 is 6.00. The molecule has 3 nitrogen and oxygen atoms in total. The summed E-state index contributed by atoms with van der Waals surface area (Å²) in [4.78, 5) is 9.02. The maximum atomic E-state index is 6.35. The fourth-order valence-corrected chi connectivity index (χ4v) is 4.16. The fraction of sp³-hybridized carbons (Fsp3) is 0.556. The molecule has 4 rings (SSSR count). The van der Waals surface area contributed by atoms with E-state index in [-0.39, 0.29) is 0 Å². The molecule has 0 aromatic carbocycles. The molecule has 0 N–H and O–H groups in total. The summed E-state index contributed by atoms with van der Waals surface area (Å²) in [5.41, 5.74) is 3.69. The zero-order valence-corrected chi connectivity index (χ0v) is 13.7. The molecule has 2 aromatic heterocycles. The van der Waals surface area contributed by atoms with Crippen molar-refractivity contribution in [2.45, 2.75) is 58.3 Å². The third-order valence-corrected chi connectivity index (χ3v) is 5.50. The fourth-order valence-electron chi connectivity index (χ4n) is 3.91. The molecule has 116 valence electrons. The maximum Gasteiger partial charge on any atom is 0.195 e. The molecule has 1 fully saturated rings. The number of oxazole rings is 1. The Labute approximate surface area is 136 Å². The van der Waals surface area contributed by atoms with Crippen LogP contribution in [0.1, 0.15) is 56.2 Å². The van der Waals surface area contributed by atoms with Gasteiger partial charge in [-0.1, -0.05) is 31.4 Å². The number of rotatable bonds is 3. The molecule has 0 amide bonds. The van der Waals surface area contributed by atoms with E-state index in [1.54, 1.807) is 6.20 Å². The van der Waals surface area contributed by atoms with Gasteiger partial charge in [0.25, 0.3) is 0 Å². The third-order valence-electron chi connectivity index (χ3n) is 5.21. The lowest BCUT2D eigenvalue weighted by Crippen LogP contribution is -2.14. The minimum atomic E-state index is 0.349. The molecule has 0 aliphatic heterocycles. The van der Waals surface area contributed by atoms with Gasteiger partial charge in [-0.25, -0.2) is 9.97 Å². The Morgan fingerprint density at radius 2 is 2.05 bits per heavy atom.